The van der Waals surface area contributed by atoms with E-state index in [1.54, 1.807) is 0 Å². The van der Waals surface area contributed by atoms with E-state index in [0.29, 0.717) is 23.0 Å². The van der Waals surface area contributed by atoms with Crippen molar-refractivity contribution in [3.05, 3.63) is 69.4 Å². The summed E-state index contributed by atoms with van der Waals surface area (Å²) in [6.07, 6.45) is 1.84. The molecule has 0 saturated carbocycles. The number of amides is 1. The smallest absolute Gasteiger partial charge is 0.272 e. The van der Waals surface area contributed by atoms with Gasteiger partial charge in [-0.05, 0) is 44.4 Å². The highest BCUT2D eigenvalue weighted by atomic mass is 16.5. The van der Waals surface area contributed by atoms with Crippen LogP contribution in [0.1, 0.15) is 59.2 Å². The van der Waals surface area contributed by atoms with Gasteiger partial charge in [-0.3, -0.25) is 14.7 Å². The molecule has 3 aromatic heterocycles. The normalized spacial score (nSPS) is 16.1. The Morgan fingerprint density at radius 1 is 1.26 bits per heavy atom. The quantitative estimate of drug-likeness (QED) is 0.472. The number of fused-ring (bicyclic) bond motifs is 2. The summed E-state index contributed by atoms with van der Waals surface area (Å²) in [4.78, 5) is 33.2. The van der Waals surface area contributed by atoms with Gasteiger partial charge in [0.05, 0.1) is 11.7 Å². The van der Waals surface area contributed by atoms with E-state index >= 15 is 0 Å². The standard InChI is InChI=1S/C23H25N5O3/c1-13-4-3-5-17-16(13)10-20(25-17)23(30)24-14(2)18-12-22(29)28-21(26-18)11-19(27-28)15-6-8-31-9-7-15/h3-5,10-12,14-15,25,27H,6-9H2,1-2H3,(H,24,30). The highest BCUT2D eigenvalue weighted by Gasteiger charge is 2.20. The number of rotatable bonds is 4. The second-order valence-corrected chi connectivity index (χ2v) is 8.23. The lowest BCUT2D eigenvalue weighted by Gasteiger charge is -2.20. The SMILES string of the molecule is Cc1cccc2[nH]c(C(=O)NC(C)c3cc(=O)n4[nH]c(C5CCOCC5)cc4n3)cc12. The van der Waals surface area contributed by atoms with E-state index in [2.05, 4.69) is 20.4 Å². The summed E-state index contributed by atoms with van der Waals surface area (Å²) < 4.78 is 6.89. The van der Waals surface area contributed by atoms with Crippen LogP contribution in [-0.4, -0.2) is 38.7 Å². The highest BCUT2D eigenvalue weighted by Crippen LogP contribution is 2.26. The number of hydrogen-bond donors (Lipinski definition) is 3. The monoisotopic (exact) mass is 419 g/mol. The second kappa shape index (κ2) is 7.70. The molecule has 1 unspecified atom stereocenters. The first kappa shape index (κ1) is 19.6. The Morgan fingerprint density at radius 3 is 2.84 bits per heavy atom. The van der Waals surface area contributed by atoms with Gasteiger partial charge in [0.25, 0.3) is 11.5 Å². The molecule has 0 aliphatic carbocycles. The third-order valence-corrected chi connectivity index (χ3v) is 6.07. The van der Waals surface area contributed by atoms with Crippen molar-refractivity contribution in [3.63, 3.8) is 0 Å². The molecule has 1 aromatic carbocycles. The van der Waals surface area contributed by atoms with Crippen LogP contribution < -0.4 is 10.9 Å². The number of ether oxygens (including phenoxy) is 1. The van der Waals surface area contributed by atoms with Crippen LogP contribution in [0.4, 0.5) is 0 Å². The van der Waals surface area contributed by atoms with Gasteiger partial charge in [-0.15, -0.1) is 0 Å². The fourth-order valence-corrected chi connectivity index (χ4v) is 4.25. The van der Waals surface area contributed by atoms with Crippen LogP contribution >= 0.6 is 0 Å². The summed E-state index contributed by atoms with van der Waals surface area (Å²) in [6.45, 7) is 5.29. The van der Waals surface area contributed by atoms with Gasteiger partial charge < -0.3 is 15.0 Å². The molecule has 1 saturated heterocycles. The van der Waals surface area contributed by atoms with Crippen LogP contribution in [0.25, 0.3) is 16.6 Å². The summed E-state index contributed by atoms with van der Waals surface area (Å²) in [5.41, 5.74) is 4.40. The molecule has 5 rings (SSSR count). The van der Waals surface area contributed by atoms with Gasteiger partial charge in [0, 0.05) is 47.9 Å². The van der Waals surface area contributed by atoms with Crippen molar-refractivity contribution < 1.29 is 9.53 Å². The Labute approximate surface area is 178 Å². The van der Waals surface area contributed by atoms with Crippen molar-refractivity contribution in [1.82, 2.24) is 24.9 Å². The molecular formula is C23H25N5O3. The third kappa shape index (κ3) is 3.63. The number of carbonyl (C=O) groups is 1. The Morgan fingerprint density at radius 2 is 2.06 bits per heavy atom. The average Bonchev–Trinajstić information content (AvgIpc) is 3.40. The fraction of sp³-hybridized carbons (Fsp3) is 0.348. The zero-order chi connectivity index (χ0) is 21.5. The van der Waals surface area contributed by atoms with Gasteiger partial charge in [0.15, 0.2) is 5.65 Å². The van der Waals surface area contributed by atoms with E-state index in [0.717, 1.165) is 48.2 Å². The summed E-state index contributed by atoms with van der Waals surface area (Å²) >= 11 is 0. The molecule has 3 N–H and O–H groups in total. The lowest BCUT2D eigenvalue weighted by Crippen LogP contribution is -2.29. The number of nitrogens with one attached hydrogen (secondary N) is 3. The largest absolute Gasteiger partial charge is 0.381 e. The maximum absolute atomic E-state index is 12.8. The van der Waals surface area contributed by atoms with Crippen molar-refractivity contribution in [1.29, 1.82) is 0 Å². The van der Waals surface area contributed by atoms with Gasteiger partial charge in [0.2, 0.25) is 0 Å². The van der Waals surface area contributed by atoms with Crippen LogP contribution in [0.3, 0.4) is 0 Å². The number of benzene rings is 1. The Kier molecular flexibility index (Phi) is 4.86. The summed E-state index contributed by atoms with van der Waals surface area (Å²) in [7, 11) is 0. The Balaban J connectivity index is 1.39. The molecule has 8 nitrogen and oxygen atoms in total. The minimum absolute atomic E-state index is 0.194. The van der Waals surface area contributed by atoms with Gasteiger partial charge in [-0.25, -0.2) is 9.50 Å². The molecule has 1 amide bonds. The second-order valence-electron chi connectivity index (χ2n) is 8.23. The van der Waals surface area contributed by atoms with Crippen molar-refractivity contribution in [2.75, 3.05) is 13.2 Å². The van der Waals surface area contributed by atoms with Crippen molar-refractivity contribution >= 4 is 22.5 Å². The van der Waals surface area contributed by atoms with Crippen LogP contribution in [-0.2, 0) is 4.74 Å². The van der Waals surface area contributed by atoms with E-state index in [9.17, 15) is 9.59 Å². The van der Waals surface area contributed by atoms with Crippen molar-refractivity contribution in [2.24, 2.45) is 0 Å². The molecular weight excluding hydrogens is 394 g/mol. The summed E-state index contributed by atoms with van der Waals surface area (Å²) in [6, 6.07) is 10.7. The van der Waals surface area contributed by atoms with Gasteiger partial charge in [-0.2, -0.15) is 0 Å². The Bertz CT molecular complexity index is 1330. The third-order valence-electron chi connectivity index (χ3n) is 6.07. The maximum Gasteiger partial charge on any atom is 0.272 e. The fourth-order valence-electron chi connectivity index (χ4n) is 4.25. The predicted molar refractivity (Wildman–Crippen MR) is 118 cm³/mol. The molecule has 1 fully saturated rings. The van der Waals surface area contributed by atoms with Crippen LogP contribution in [0.15, 0.2) is 41.2 Å². The zero-order valence-corrected chi connectivity index (χ0v) is 17.6. The van der Waals surface area contributed by atoms with E-state index < -0.39 is 6.04 Å². The molecule has 0 spiro atoms. The maximum atomic E-state index is 12.8. The van der Waals surface area contributed by atoms with Crippen LogP contribution in [0.5, 0.6) is 0 Å². The minimum Gasteiger partial charge on any atom is -0.381 e. The lowest BCUT2D eigenvalue weighted by atomic mass is 9.97. The number of H-pyrrole nitrogens is 2. The molecule has 0 bridgehead atoms. The van der Waals surface area contributed by atoms with Crippen molar-refractivity contribution in [2.45, 2.75) is 38.6 Å². The Hall–Kier alpha value is -3.39. The molecule has 8 heteroatoms. The molecule has 31 heavy (non-hydrogen) atoms. The van der Waals surface area contributed by atoms with Gasteiger partial charge >= 0.3 is 0 Å². The number of aryl methyl sites for hydroxylation is 1. The first-order valence-corrected chi connectivity index (χ1v) is 10.6. The van der Waals surface area contributed by atoms with Crippen LogP contribution in [0, 0.1) is 6.92 Å². The first-order valence-electron chi connectivity index (χ1n) is 10.6. The van der Waals surface area contributed by atoms with E-state index in [1.807, 2.05) is 44.2 Å². The molecule has 4 heterocycles. The lowest BCUT2D eigenvalue weighted by molar-refractivity contribution is 0.0844. The number of nitrogens with zero attached hydrogens (tertiary/aromatic N) is 2. The van der Waals surface area contributed by atoms with Crippen molar-refractivity contribution in [3.8, 4) is 0 Å². The average molecular weight is 419 g/mol. The molecule has 4 aromatic rings. The molecule has 0 radical (unpaired) electrons. The highest BCUT2D eigenvalue weighted by molar-refractivity contribution is 5.98. The number of hydrogen-bond acceptors (Lipinski definition) is 4. The summed E-state index contributed by atoms with van der Waals surface area (Å²) in [5.74, 6) is 0.1000. The van der Waals surface area contributed by atoms with E-state index in [1.165, 1.54) is 10.6 Å². The molecule has 1 aliphatic rings. The van der Waals surface area contributed by atoms with Gasteiger partial charge in [-0.1, -0.05) is 12.1 Å². The number of carbonyl (C=O) groups excluding carboxylic acids is 1. The van der Waals surface area contributed by atoms with E-state index in [4.69, 9.17) is 4.74 Å². The minimum atomic E-state index is -0.417. The molecule has 160 valence electrons. The summed E-state index contributed by atoms with van der Waals surface area (Å²) in [5, 5.41) is 7.15. The van der Waals surface area contributed by atoms with Crippen LogP contribution in [0.2, 0.25) is 0 Å². The predicted octanol–water partition coefficient (Wildman–Crippen LogP) is 3.20. The topological polar surface area (TPSA) is 104 Å². The molecule has 1 atom stereocenters. The molecule has 1 aliphatic heterocycles. The van der Waals surface area contributed by atoms with Gasteiger partial charge in [0.1, 0.15) is 5.69 Å². The zero-order valence-electron chi connectivity index (χ0n) is 17.6. The number of aromatic amines is 2. The number of aromatic nitrogens is 4. The first-order chi connectivity index (χ1) is 15.0. The van der Waals surface area contributed by atoms with E-state index in [-0.39, 0.29) is 11.5 Å².